The second-order valence-corrected chi connectivity index (χ2v) is 45.2. The molecule has 12 rings (SSSR count). The van der Waals surface area contributed by atoms with Gasteiger partial charge in [0.1, 0.15) is 11.9 Å². The number of nitrogens with one attached hydrogen (secondary N) is 8. The van der Waals surface area contributed by atoms with Crippen molar-refractivity contribution >= 4 is 127 Å². The van der Waals surface area contributed by atoms with Gasteiger partial charge in [0.05, 0.1) is 53.6 Å². The number of halogens is 7. The standard InChI is InChI=1S/C26H22F3N3O5S.C25H34N2O3S.C24H32N2O5S.C18H18F4N2O4S/c1-25(2,3)38(36,37)31-17-8-4-15(5-9-17)22(33)30-18-10-13-20-21(14-18)24(35)32(23(20)34)19-11-6-16(7-12-19)26(27,28)29;1-17-7-6-8-23(18(17)2)19-9-13-21(14-10-19)26-24(28)20-11-15-22(16-12-20)27-31(29,30)25(3,4)5;1-16-14-22(15-17(2)30-16)31-21-12-10-19(11-13-21)25-23(27)18-6-8-20(9-7-18)26-32(28,29)24(3,4)5;1-17(2,3)29(26,27)24-12-6-4-11(5-7-12)16(25)23-13-8-9-14(19)15(10-13)28-18(20,21)22/h4-14,31H,1-3H3,(H,30,33);9-18,23,27H,6-8H2,1-5H3,(H,26,28);6-13,16-17,22,26H,14-15H2,1-5H3,(H,25,27);4-10,24H,1-3H3,(H,23,25). The Morgan fingerprint density at radius 2 is 0.731 bits per heavy atom. The molecule has 37 heteroatoms. The molecule has 5 unspecified atom stereocenters. The molecule has 2 heterocycles. The van der Waals surface area contributed by atoms with Crippen LogP contribution in [0.25, 0.3) is 0 Å². The summed E-state index contributed by atoms with van der Waals surface area (Å²) in [4.78, 5) is 76.6. The van der Waals surface area contributed by atoms with Gasteiger partial charge < -0.3 is 35.5 Å². The van der Waals surface area contributed by atoms with Gasteiger partial charge in [-0.15, -0.1) is 13.2 Å². The second kappa shape index (κ2) is 40.6. The highest BCUT2D eigenvalue weighted by Crippen LogP contribution is 2.42. The van der Waals surface area contributed by atoms with E-state index in [9.17, 15) is 93.2 Å². The van der Waals surface area contributed by atoms with Gasteiger partial charge in [-0.1, -0.05) is 38.8 Å². The molecule has 26 nitrogen and oxygen atoms in total. The Labute approximate surface area is 753 Å². The van der Waals surface area contributed by atoms with Crippen molar-refractivity contribution < 1.29 is 107 Å². The van der Waals surface area contributed by atoms with Gasteiger partial charge in [0.2, 0.25) is 40.1 Å². The van der Waals surface area contributed by atoms with Crippen molar-refractivity contribution in [2.75, 3.05) is 45.1 Å². The Kier molecular flexibility index (Phi) is 31.8. The SMILES string of the molecule is CC(C)(C)S(=O)(=O)Nc1ccc(C(=O)Nc2ccc(F)c(OC(F)(F)F)c2)cc1.CC(C)(C)S(=O)(=O)Nc1ccc(C(=O)Nc2ccc3c(c2)C(=O)N(c2ccc(C(F)(F)F)cc2)C3=O)cc1.CC1CC(Oc2ccc(NC(=O)c3ccc(NS(=O)(=O)C(C)(C)C)cc3)cc2)CC(C)O1.CC1CCCC(c2ccc(NC(=O)c3ccc(NS(=O)(=O)C(C)(C)C)cc3)cc2)C1C. The molecule has 0 radical (unpaired) electrons. The Hall–Kier alpha value is -11.9. The van der Waals surface area contributed by atoms with Crippen LogP contribution in [-0.2, 0) is 51.0 Å². The van der Waals surface area contributed by atoms with E-state index in [1.54, 1.807) is 123 Å². The van der Waals surface area contributed by atoms with Crippen molar-refractivity contribution in [3.63, 3.8) is 0 Å². The van der Waals surface area contributed by atoms with Gasteiger partial charge >= 0.3 is 12.5 Å². The van der Waals surface area contributed by atoms with Crippen LogP contribution in [0, 0.1) is 17.7 Å². The number of nitrogens with zero attached hydrogens (tertiary/aromatic N) is 1. The number of hydrogen-bond acceptors (Lipinski definition) is 17. The molecule has 9 aromatic rings. The van der Waals surface area contributed by atoms with Crippen LogP contribution in [0.15, 0.2) is 206 Å². The monoisotopic (exact) mass is 1880 g/mol. The minimum Gasteiger partial charge on any atom is -0.490 e. The molecule has 9 aromatic carbocycles. The Morgan fingerprint density at radius 1 is 0.400 bits per heavy atom. The minimum absolute atomic E-state index is 0.0142. The lowest BCUT2D eigenvalue weighted by atomic mass is 9.71. The van der Waals surface area contributed by atoms with Crippen LogP contribution >= 0.6 is 0 Å². The fraction of sp³-hybridized carbons (Fsp3) is 0.355. The summed E-state index contributed by atoms with van der Waals surface area (Å²) in [7, 11) is -14.3. The number of rotatable bonds is 21. The summed E-state index contributed by atoms with van der Waals surface area (Å²) in [6.07, 6.45) is -3.66. The van der Waals surface area contributed by atoms with E-state index in [1.165, 1.54) is 112 Å². The number of anilines is 9. The van der Waals surface area contributed by atoms with Crippen LogP contribution in [0.3, 0.4) is 0 Å². The minimum atomic E-state index is -5.08. The molecule has 8 N–H and O–H groups in total. The number of alkyl halides is 6. The van der Waals surface area contributed by atoms with Crippen molar-refractivity contribution in [2.45, 2.75) is 199 Å². The summed E-state index contributed by atoms with van der Waals surface area (Å²) in [5, 5.41) is 10.7. The Balaban J connectivity index is 0.000000196. The predicted octanol–water partition coefficient (Wildman–Crippen LogP) is 20.6. The maximum absolute atomic E-state index is 13.4. The molecule has 2 fully saturated rings. The first kappa shape index (κ1) is 102. The lowest BCUT2D eigenvalue weighted by molar-refractivity contribution is -0.275. The van der Waals surface area contributed by atoms with E-state index in [1.807, 2.05) is 24.3 Å². The molecule has 0 aromatic heterocycles. The lowest BCUT2D eigenvalue weighted by Crippen LogP contribution is -2.35. The number of ether oxygens (including phenoxy) is 3. The zero-order chi connectivity index (χ0) is 96.4. The fourth-order valence-corrected chi connectivity index (χ4v) is 16.1. The first-order valence-corrected chi connectivity index (χ1v) is 47.1. The molecule has 130 heavy (non-hydrogen) atoms. The van der Waals surface area contributed by atoms with Gasteiger partial charge in [-0.3, -0.25) is 47.7 Å². The predicted molar refractivity (Wildman–Crippen MR) is 490 cm³/mol. The van der Waals surface area contributed by atoms with E-state index in [4.69, 9.17) is 9.47 Å². The Morgan fingerprint density at radius 3 is 1.09 bits per heavy atom. The number of amides is 6. The molecule has 1 saturated carbocycles. The summed E-state index contributed by atoms with van der Waals surface area (Å²) < 4.78 is 208. The van der Waals surface area contributed by atoms with Crippen molar-refractivity contribution in [1.29, 1.82) is 0 Å². The average Bonchev–Trinajstić information content (AvgIpc) is 1.61. The molecule has 1 saturated heterocycles. The first-order valence-electron chi connectivity index (χ1n) is 41.2. The number of benzene rings is 9. The van der Waals surface area contributed by atoms with Crippen LogP contribution in [0.5, 0.6) is 11.5 Å². The topological polar surface area (TPSA) is 366 Å². The highest BCUT2D eigenvalue weighted by Gasteiger charge is 2.40. The maximum Gasteiger partial charge on any atom is 0.573 e. The number of sulfonamides is 4. The zero-order valence-electron chi connectivity index (χ0n) is 74.3. The van der Waals surface area contributed by atoms with E-state index in [2.05, 4.69) is 84.7 Å². The number of fused-ring (bicyclic) bond motifs is 1. The quantitative estimate of drug-likeness (QED) is 0.0245. The summed E-state index contributed by atoms with van der Waals surface area (Å²) in [5.41, 5.74) is 4.50. The molecule has 2 aliphatic heterocycles. The molecule has 698 valence electrons. The van der Waals surface area contributed by atoms with Crippen molar-refractivity contribution in [3.8, 4) is 11.5 Å². The van der Waals surface area contributed by atoms with E-state index in [0.717, 1.165) is 71.5 Å². The molecule has 0 spiro atoms. The third kappa shape index (κ3) is 27.3. The molecule has 6 amide bonds. The van der Waals surface area contributed by atoms with Crippen LogP contribution in [0.4, 0.5) is 81.9 Å². The summed E-state index contributed by atoms with van der Waals surface area (Å²) >= 11 is 0. The fourth-order valence-electron chi connectivity index (χ4n) is 13.1. The van der Waals surface area contributed by atoms with Gasteiger partial charge in [0.15, 0.2) is 11.6 Å². The molecule has 3 aliphatic rings. The zero-order valence-corrected chi connectivity index (χ0v) is 77.6. The van der Waals surface area contributed by atoms with Gasteiger partial charge in [-0.05, 0) is 315 Å². The van der Waals surface area contributed by atoms with Crippen molar-refractivity contribution in [2.24, 2.45) is 11.8 Å². The van der Waals surface area contributed by atoms with E-state index >= 15 is 0 Å². The smallest absolute Gasteiger partial charge is 0.490 e. The number of carbonyl (C=O) groups is 6. The van der Waals surface area contributed by atoms with Crippen LogP contribution in [0.2, 0.25) is 0 Å². The second-order valence-electron chi connectivity index (χ2n) is 35.4. The highest BCUT2D eigenvalue weighted by molar-refractivity contribution is 7.94. The molecular weight excluding hydrogens is 1780 g/mol. The van der Waals surface area contributed by atoms with E-state index in [0.29, 0.717) is 46.1 Å². The average molecular weight is 1880 g/mol. The summed E-state index contributed by atoms with van der Waals surface area (Å²) in [6.45, 7) is 27.8. The van der Waals surface area contributed by atoms with Gasteiger partial charge in [-0.2, -0.15) is 13.2 Å². The van der Waals surface area contributed by atoms with Gasteiger partial charge in [0, 0.05) is 86.7 Å². The van der Waals surface area contributed by atoms with E-state index < -0.39 is 112 Å². The van der Waals surface area contributed by atoms with Gasteiger partial charge in [-0.25, -0.2) is 43.0 Å². The molecule has 1 aliphatic carbocycles. The molecule has 0 bridgehead atoms. The van der Waals surface area contributed by atoms with Crippen LogP contribution in [-0.4, -0.2) is 113 Å². The molecular formula is C93H106F7N9O17S4. The summed E-state index contributed by atoms with van der Waals surface area (Å²) in [5.74, 6) is -2.76. The summed E-state index contributed by atoms with van der Waals surface area (Å²) in [6, 6.07) is 49.5. The van der Waals surface area contributed by atoms with Gasteiger partial charge in [0.25, 0.3) is 35.4 Å². The third-order valence-electron chi connectivity index (χ3n) is 21.2. The van der Waals surface area contributed by atoms with Crippen LogP contribution in [0.1, 0.15) is 222 Å². The van der Waals surface area contributed by atoms with Crippen molar-refractivity contribution in [3.05, 3.63) is 257 Å². The normalized spacial score (nSPS) is 17.4. The van der Waals surface area contributed by atoms with Crippen molar-refractivity contribution in [1.82, 2.24) is 0 Å². The van der Waals surface area contributed by atoms with E-state index in [-0.39, 0.29) is 80.8 Å². The lowest BCUT2D eigenvalue weighted by Gasteiger charge is -2.34. The number of imide groups is 1. The maximum atomic E-state index is 13.4. The number of hydrogen-bond donors (Lipinski definition) is 8. The molecule has 5 atom stereocenters. The largest absolute Gasteiger partial charge is 0.573 e. The van der Waals surface area contributed by atoms with Crippen LogP contribution < -0.4 is 54.5 Å². The number of carbonyl (C=O) groups excluding carboxylic acids is 6. The highest BCUT2D eigenvalue weighted by atomic mass is 32.2. The Bertz CT molecular complexity index is 6040. The third-order valence-corrected chi connectivity index (χ3v) is 29.7. The first-order chi connectivity index (χ1) is 60.2.